The van der Waals surface area contributed by atoms with Crippen molar-refractivity contribution in [1.82, 2.24) is 9.88 Å². The second-order valence-electron chi connectivity index (χ2n) is 8.09. The van der Waals surface area contributed by atoms with E-state index in [1.807, 2.05) is 0 Å². The summed E-state index contributed by atoms with van der Waals surface area (Å²) < 4.78 is 36.8. The minimum absolute atomic E-state index is 0.0778. The van der Waals surface area contributed by atoms with E-state index >= 15 is 0 Å². The van der Waals surface area contributed by atoms with E-state index in [0.29, 0.717) is 40.3 Å². The molecular formula is C25H32ClN3O5S2. The summed E-state index contributed by atoms with van der Waals surface area (Å²) in [6.07, 6.45) is 0.276. The first-order valence-corrected chi connectivity index (χ1v) is 14.6. The summed E-state index contributed by atoms with van der Waals surface area (Å²) in [4.78, 5) is 22.1. The smallest absolute Gasteiger partial charge is 0.228 e. The molecule has 1 amide bonds. The SMILES string of the molecule is CCN(CC)CCN(C(=O)CCCS(=O)(=O)c1ccc(OC)cc1)c1nc2c(OC)ccc(Cl)c2s1. The van der Waals surface area contributed by atoms with Crippen molar-refractivity contribution in [3.05, 3.63) is 41.4 Å². The Morgan fingerprint density at radius 2 is 1.72 bits per heavy atom. The van der Waals surface area contributed by atoms with Crippen molar-refractivity contribution in [2.45, 2.75) is 31.6 Å². The van der Waals surface area contributed by atoms with Gasteiger partial charge < -0.3 is 14.4 Å². The van der Waals surface area contributed by atoms with Gasteiger partial charge in [0.05, 0.1) is 34.6 Å². The summed E-state index contributed by atoms with van der Waals surface area (Å²) in [5.74, 6) is 0.856. The number of thiazole rings is 1. The van der Waals surface area contributed by atoms with E-state index in [2.05, 4.69) is 23.7 Å². The van der Waals surface area contributed by atoms with Gasteiger partial charge in [0.15, 0.2) is 15.0 Å². The molecule has 3 aromatic rings. The minimum Gasteiger partial charge on any atom is -0.497 e. The number of halogens is 1. The largest absolute Gasteiger partial charge is 0.497 e. The first-order chi connectivity index (χ1) is 17.2. The van der Waals surface area contributed by atoms with E-state index in [1.165, 1.54) is 30.6 Å². The number of hydrogen-bond donors (Lipinski definition) is 0. The number of nitrogens with zero attached hydrogens (tertiary/aromatic N) is 3. The number of methoxy groups -OCH3 is 2. The molecule has 196 valence electrons. The number of sulfone groups is 1. The Hall–Kier alpha value is -2.40. The zero-order chi connectivity index (χ0) is 26.3. The molecule has 0 spiro atoms. The molecule has 0 saturated heterocycles. The molecule has 11 heteroatoms. The van der Waals surface area contributed by atoms with Gasteiger partial charge in [-0.15, -0.1) is 0 Å². The molecule has 0 N–H and O–H groups in total. The van der Waals surface area contributed by atoms with Crippen LogP contribution in [0.1, 0.15) is 26.7 Å². The molecule has 1 heterocycles. The van der Waals surface area contributed by atoms with Crippen LogP contribution in [0.5, 0.6) is 11.5 Å². The van der Waals surface area contributed by atoms with Crippen LogP contribution in [0.15, 0.2) is 41.3 Å². The first kappa shape index (κ1) is 28.2. The van der Waals surface area contributed by atoms with Crippen molar-refractivity contribution in [3.63, 3.8) is 0 Å². The Labute approximate surface area is 221 Å². The number of benzene rings is 2. The van der Waals surface area contributed by atoms with E-state index in [-0.39, 0.29) is 29.4 Å². The van der Waals surface area contributed by atoms with Crippen molar-refractivity contribution >= 4 is 54.0 Å². The van der Waals surface area contributed by atoms with Crippen LogP contribution in [0.25, 0.3) is 10.2 Å². The molecule has 0 radical (unpaired) electrons. The quantitative estimate of drug-likeness (QED) is 0.297. The van der Waals surface area contributed by atoms with Crippen molar-refractivity contribution in [2.75, 3.05) is 51.1 Å². The van der Waals surface area contributed by atoms with Crippen LogP contribution in [-0.2, 0) is 14.6 Å². The third-order valence-electron chi connectivity index (χ3n) is 5.96. The molecular weight excluding hydrogens is 522 g/mol. The molecule has 0 unspecified atom stereocenters. The third kappa shape index (κ3) is 6.67. The second-order valence-corrected chi connectivity index (χ2v) is 11.6. The lowest BCUT2D eigenvalue weighted by molar-refractivity contribution is -0.118. The number of likely N-dealkylation sites (N-methyl/N-ethyl adjacent to an activating group) is 1. The van der Waals surface area contributed by atoms with Crippen LogP contribution in [0.4, 0.5) is 5.13 Å². The van der Waals surface area contributed by atoms with Gasteiger partial charge in [-0.2, -0.15) is 0 Å². The number of ether oxygens (including phenoxy) is 2. The lowest BCUT2D eigenvalue weighted by atomic mass is 10.3. The summed E-state index contributed by atoms with van der Waals surface area (Å²) >= 11 is 7.73. The molecule has 0 aliphatic rings. The van der Waals surface area contributed by atoms with Gasteiger partial charge in [-0.1, -0.05) is 36.8 Å². The van der Waals surface area contributed by atoms with Gasteiger partial charge in [0.2, 0.25) is 5.91 Å². The Bertz CT molecular complexity index is 1270. The van der Waals surface area contributed by atoms with E-state index in [9.17, 15) is 13.2 Å². The number of amides is 1. The molecule has 0 bridgehead atoms. The number of anilines is 1. The molecule has 0 fully saturated rings. The van der Waals surface area contributed by atoms with Gasteiger partial charge in [0.25, 0.3) is 0 Å². The first-order valence-electron chi connectivity index (χ1n) is 11.8. The Morgan fingerprint density at radius 1 is 1.03 bits per heavy atom. The standard InChI is InChI=1S/C25H32ClN3O5S2/c1-5-28(6-2)15-16-29(25-27-23-21(34-4)14-13-20(26)24(23)35-25)22(30)8-7-17-36(31,32)19-11-9-18(33-3)10-12-19/h9-14H,5-8,15-17H2,1-4H3. The highest BCUT2D eigenvalue weighted by atomic mass is 35.5. The van der Waals surface area contributed by atoms with Gasteiger partial charge in [-0.3, -0.25) is 9.69 Å². The van der Waals surface area contributed by atoms with E-state index in [1.54, 1.807) is 36.3 Å². The summed E-state index contributed by atoms with van der Waals surface area (Å²) in [7, 11) is -0.433. The fraction of sp³-hybridized carbons (Fsp3) is 0.440. The minimum atomic E-state index is -3.52. The second kappa shape index (κ2) is 12.7. The van der Waals surface area contributed by atoms with Gasteiger partial charge in [-0.05, 0) is 55.9 Å². The Balaban J connectivity index is 1.78. The molecule has 3 rings (SSSR count). The number of carbonyl (C=O) groups excluding carboxylic acids is 1. The lowest BCUT2D eigenvalue weighted by Gasteiger charge is -2.24. The number of hydrogen-bond acceptors (Lipinski definition) is 8. The van der Waals surface area contributed by atoms with Gasteiger partial charge in [-0.25, -0.2) is 13.4 Å². The van der Waals surface area contributed by atoms with Gasteiger partial charge >= 0.3 is 0 Å². The predicted octanol–water partition coefficient (Wildman–Crippen LogP) is 4.90. The van der Waals surface area contributed by atoms with E-state index < -0.39 is 9.84 Å². The number of rotatable bonds is 13. The molecule has 0 aliphatic heterocycles. The fourth-order valence-electron chi connectivity index (χ4n) is 3.78. The fourth-order valence-corrected chi connectivity index (χ4v) is 6.39. The average molecular weight is 554 g/mol. The third-order valence-corrected chi connectivity index (χ3v) is 9.31. The summed E-state index contributed by atoms with van der Waals surface area (Å²) in [5, 5.41) is 1.06. The van der Waals surface area contributed by atoms with Crippen LogP contribution in [0.3, 0.4) is 0 Å². The van der Waals surface area contributed by atoms with Crippen LogP contribution < -0.4 is 14.4 Å². The molecule has 8 nitrogen and oxygen atoms in total. The summed E-state index contributed by atoms with van der Waals surface area (Å²) in [5.41, 5.74) is 0.604. The van der Waals surface area contributed by atoms with Crippen LogP contribution in [0.2, 0.25) is 5.02 Å². The Morgan fingerprint density at radius 3 is 2.33 bits per heavy atom. The maximum absolute atomic E-state index is 13.4. The summed E-state index contributed by atoms with van der Waals surface area (Å²) in [6.45, 7) is 6.97. The van der Waals surface area contributed by atoms with Crippen LogP contribution in [-0.4, -0.2) is 70.4 Å². The average Bonchev–Trinajstić information content (AvgIpc) is 3.33. The van der Waals surface area contributed by atoms with Gasteiger partial charge in [0, 0.05) is 19.5 Å². The van der Waals surface area contributed by atoms with Gasteiger partial charge in [0.1, 0.15) is 17.0 Å². The maximum atomic E-state index is 13.4. The molecule has 0 saturated carbocycles. The van der Waals surface area contributed by atoms with E-state index in [0.717, 1.165) is 17.8 Å². The zero-order valence-corrected chi connectivity index (χ0v) is 23.4. The molecule has 0 aliphatic carbocycles. The van der Waals surface area contributed by atoms with Crippen molar-refractivity contribution in [2.24, 2.45) is 0 Å². The predicted molar refractivity (Wildman–Crippen MR) is 146 cm³/mol. The normalized spacial score (nSPS) is 11.7. The highest BCUT2D eigenvalue weighted by Gasteiger charge is 2.23. The molecule has 36 heavy (non-hydrogen) atoms. The monoisotopic (exact) mass is 553 g/mol. The Kier molecular flexibility index (Phi) is 9.95. The highest BCUT2D eigenvalue weighted by molar-refractivity contribution is 7.91. The zero-order valence-electron chi connectivity index (χ0n) is 21.0. The van der Waals surface area contributed by atoms with Crippen LogP contribution >= 0.6 is 22.9 Å². The van der Waals surface area contributed by atoms with Crippen LogP contribution in [0, 0.1) is 0 Å². The number of aromatic nitrogens is 1. The summed E-state index contributed by atoms with van der Waals surface area (Å²) in [6, 6.07) is 9.76. The number of fused-ring (bicyclic) bond motifs is 1. The highest BCUT2D eigenvalue weighted by Crippen LogP contribution is 2.39. The molecule has 0 atom stereocenters. The topological polar surface area (TPSA) is 89.0 Å². The maximum Gasteiger partial charge on any atom is 0.228 e. The van der Waals surface area contributed by atoms with Crippen molar-refractivity contribution in [3.8, 4) is 11.5 Å². The van der Waals surface area contributed by atoms with Crippen molar-refractivity contribution < 1.29 is 22.7 Å². The van der Waals surface area contributed by atoms with Crippen molar-refractivity contribution in [1.29, 1.82) is 0 Å². The molecule has 1 aromatic heterocycles. The lowest BCUT2D eigenvalue weighted by Crippen LogP contribution is -2.38. The van der Waals surface area contributed by atoms with E-state index in [4.69, 9.17) is 21.1 Å². The number of carbonyl (C=O) groups is 1. The molecule has 2 aromatic carbocycles.